The monoisotopic (exact) mass is 402 g/mol. The van der Waals surface area contributed by atoms with Gasteiger partial charge < -0.3 is 15.4 Å². The van der Waals surface area contributed by atoms with Gasteiger partial charge in [0.2, 0.25) is 5.91 Å². The van der Waals surface area contributed by atoms with Gasteiger partial charge in [0.05, 0.1) is 0 Å². The third-order valence-corrected chi connectivity index (χ3v) is 4.09. The van der Waals surface area contributed by atoms with Crippen LogP contribution in [0.4, 0.5) is 0 Å². The van der Waals surface area contributed by atoms with E-state index >= 15 is 0 Å². The number of aromatic nitrogens is 2. The number of hydrogen-bond acceptors (Lipinski definition) is 5. The maximum absolute atomic E-state index is 12.1. The molecule has 0 radical (unpaired) electrons. The molecule has 3 aromatic rings. The van der Waals surface area contributed by atoms with Gasteiger partial charge in [0, 0.05) is 49.5 Å². The topological polar surface area (TPSA) is 93.2 Å². The van der Waals surface area contributed by atoms with Crippen LogP contribution in [-0.2, 0) is 22.7 Å². The predicted molar refractivity (Wildman–Crippen MR) is 113 cm³/mol. The van der Waals surface area contributed by atoms with E-state index in [-0.39, 0.29) is 18.4 Å². The van der Waals surface area contributed by atoms with Gasteiger partial charge >= 0.3 is 0 Å². The summed E-state index contributed by atoms with van der Waals surface area (Å²) in [6.07, 6.45) is 9.84. The number of benzene rings is 1. The van der Waals surface area contributed by atoms with Crippen molar-refractivity contribution in [2.45, 2.75) is 13.1 Å². The van der Waals surface area contributed by atoms with Crippen LogP contribution >= 0.6 is 0 Å². The highest BCUT2D eigenvalue weighted by atomic mass is 16.5. The fourth-order valence-corrected chi connectivity index (χ4v) is 2.56. The summed E-state index contributed by atoms with van der Waals surface area (Å²) in [6, 6.07) is 14.6. The van der Waals surface area contributed by atoms with Crippen LogP contribution in [-0.4, -0.2) is 28.4 Å². The summed E-state index contributed by atoms with van der Waals surface area (Å²) in [5, 5.41) is 5.58. The Bertz CT molecular complexity index is 992. The normalized spacial score (nSPS) is 10.5. The van der Waals surface area contributed by atoms with Gasteiger partial charge in [0.25, 0.3) is 5.91 Å². The molecule has 1 aromatic carbocycles. The molecule has 2 N–H and O–H groups in total. The summed E-state index contributed by atoms with van der Waals surface area (Å²) in [6.45, 7) is 0.652. The molecule has 0 aliphatic carbocycles. The number of nitrogens with zero attached hydrogens (tertiary/aromatic N) is 2. The summed E-state index contributed by atoms with van der Waals surface area (Å²) < 4.78 is 5.63. The van der Waals surface area contributed by atoms with Crippen molar-refractivity contribution in [3.8, 4) is 5.75 Å². The summed E-state index contributed by atoms with van der Waals surface area (Å²) in [4.78, 5) is 32.1. The average Bonchev–Trinajstić information content (AvgIpc) is 2.80. The van der Waals surface area contributed by atoms with E-state index in [2.05, 4.69) is 20.6 Å². The van der Waals surface area contributed by atoms with E-state index in [9.17, 15) is 9.59 Å². The lowest BCUT2D eigenvalue weighted by Gasteiger charge is -2.10. The molecule has 0 bridgehead atoms. The van der Waals surface area contributed by atoms with Crippen LogP contribution in [0.1, 0.15) is 16.7 Å². The van der Waals surface area contributed by atoms with E-state index in [1.165, 1.54) is 6.08 Å². The smallest absolute Gasteiger partial charge is 0.258 e. The van der Waals surface area contributed by atoms with Crippen LogP contribution in [0.2, 0.25) is 0 Å². The van der Waals surface area contributed by atoms with E-state index < -0.39 is 0 Å². The maximum atomic E-state index is 12.1. The Balaban J connectivity index is 1.49. The highest BCUT2D eigenvalue weighted by Crippen LogP contribution is 2.19. The number of para-hydroxylation sites is 1. The second-order valence-electron chi connectivity index (χ2n) is 6.38. The molecule has 2 aromatic heterocycles. The van der Waals surface area contributed by atoms with Crippen molar-refractivity contribution in [1.82, 2.24) is 20.6 Å². The minimum Gasteiger partial charge on any atom is -0.483 e. The highest BCUT2D eigenvalue weighted by molar-refractivity contribution is 5.92. The van der Waals surface area contributed by atoms with Crippen LogP contribution in [0.15, 0.2) is 79.4 Å². The number of amides is 2. The van der Waals surface area contributed by atoms with Crippen molar-refractivity contribution >= 4 is 17.9 Å². The number of hydrogen-bond donors (Lipinski definition) is 2. The zero-order valence-electron chi connectivity index (χ0n) is 16.3. The SMILES string of the molecule is O=C(/C=C/c1ccccc1OCC(=O)NCc1cccnc1)NCc1cccnc1. The first-order valence-corrected chi connectivity index (χ1v) is 9.43. The van der Waals surface area contributed by atoms with E-state index in [1.807, 2.05) is 42.5 Å². The number of ether oxygens (including phenoxy) is 1. The van der Waals surface area contributed by atoms with Crippen molar-refractivity contribution < 1.29 is 14.3 Å². The third-order valence-electron chi connectivity index (χ3n) is 4.09. The van der Waals surface area contributed by atoms with Gasteiger partial charge in [-0.3, -0.25) is 19.6 Å². The van der Waals surface area contributed by atoms with Crippen molar-refractivity contribution in [3.63, 3.8) is 0 Å². The van der Waals surface area contributed by atoms with Gasteiger partial charge in [-0.1, -0.05) is 30.3 Å². The molecule has 0 unspecified atom stereocenters. The lowest BCUT2D eigenvalue weighted by atomic mass is 10.2. The zero-order valence-corrected chi connectivity index (χ0v) is 16.3. The van der Waals surface area contributed by atoms with E-state index in [4.69, 9.17) is 4.74 Å². The molecule has 152 valence electrons. The molecule has 2 heterocycles. The molecule has 0 aliphatic rings. The third kappa shape index (κ3) is 6.87. The van der Waals surface area contributed by atoms with E-state index in [1.54, 1.807) is 36.9 Å². The molecule has 7 heteroatoms. The Morgan fingerprint density at radius 2 is 1.53 bits per heavy atom. The fraction of sp³-hybridized carbons (Fsp3) is 0.130. The number of carbonyl (C=O) groups is 2. The summed E-state index contributed by atoms with van der Waals surface area (Å²) in [7, 11) is 0. The molecule has 0 saturated carbocycles. The summed E-state index contributed by atoms with van der Waals surface area (Å²) in [5.74, 6) is 0.0417. The molecule has 2 amide bonds. The average molecular weight is 402 g/mol. The summed E-state index contributed by atoms with van der Waals surface area (Å²) >= 11 is 0. The van der Waals surface area contributed by atoms with Crippen LogP contribution in [0.3, 0.4) is 0 Å². The second-order valence-corrected chi connectivity index (χ2v) is 6.38. The van der Waals surface area contributed by atoms with Gasteiger partial charge in [-0.05, 0) is 35.4 Å². The van der Waals surface area contributed by atoms with Gasteiger partial charge in [-0.2, -0.15) is 0 Å². The molecule has 0 aliphatic heterocycles. The van der Waals surface area contributed by atoms with Gasteiger partial charge in [0.15, 0.2) is 6.61 Å². The Hall–Kier alpha value is -4.00. The molecule has 0 fully saturated rings. The quantitative estimate of drug-likeness (QED) is 0.537. The van der Waals surface area contributed by atoms with Gasteiger partial charge in [-0.25, -0.2) is 0 Å². The number of rotatable bonds is 9. The highest BCUT2D eigenvalue weighted by Gasteiger charge is 2.06. The molecular formula is C23H22N4O3. The number of carbonyl (C=O) groups excluding carboxylic acids is 2. The van der Waals surface area contributed by atoms with Crippen LogP contribution in [0.25, 0.3) is 6.08 Å². The molecular weight excluding hydrogens is 380 g/mol. The minimum atomic E-state index is -0.244. The molecule has 3 rings (SSSR count). The second kappa shape index (κ2) is 11.1. The molecule has 0 atom stereocenters. The Morgan fingerprint density at radius 3 is 2.20 bits per heavy atom. The lowest BCUT2D eigenvalue weighted by Crippen LogP contribution is -2.28. The van der Waals surface area contributed by atoms with Crippen molar-refractivity contribution in [2.75, 3.05) is 6.61 Å². The number of nitrogens with one attached hydrogen (secondary N) is 2. The first-order valence-electron chi connectivity index (χ1n) is 9.43. The predicted octanol–water partition coefficient (Wildman–Crippen LogP) is 2.50. The van der Waals surface area contributed by atoms with Crippen molar-refractivity contribution in [3.05, 3.63) is 96.1 Å². The zero-order chi connectivity index (χ0) is 21.0. The Labute approximate surface area is 174 Å². The van der Waals surface area contributed by atoms with Crippen LogP contribution < -0.4 is 15.4 Å². The van der Waals surface area contributed by atoms with E-state index in [0.717, 1.165) is 11.1 Å². The lowest BCUT2D eigenvalue weighted by molar-refractivity contribution is -0.123. The first kappa shape index (κ1) is 20.7. The standard InChI is InChI=1S/C23H22N4O3/c28-22(26-15-18-5-3-11-24-13-18)10-9-20-7-1-2-8-21(20)30-17-23(29)27-16-19-6-4-12-25-14-19/h1-14H,15-17H2,(H,26,28)(H,27,29)/b10-9+. The maximum Gasteiger partial charge on any atom is 0.258 e. The van der Waals surface area contributed by atoms with Crippen LogP contribution in [0.5, 0.6) is 5.75 Å². The fourth-order valence-electron chi connectivity index (χ4n) is 2.56. The minimum absolute atomic E-state index is 0.127. The Morgan fingerprint density at radius 1 is 0.867 bits per heavy atom. The van der Waals surface area contributed by atoms with E-state index in [0.29, 0.717) is 24.4 Å². The Kier molecular flexibility index (Phi) is 7.68. The first-order chi connectivity index (χ1) is 14.7. The molecule has 0 spiro atoms. The van der Waals surface area contributed by atoms with Crippen molar-refractivity contribution in [2.24, 2.45) is 0 Å². The molecule has 0 saturated heterocycles. The summed E-state index contributed by atoms with van der Waals surface area (Å²) in [5.41, 5.74) is 2.53. The largest absolute Gasteiger partial charge is 0.483 e. The van der Waals surface area contributed by atoms with Crippen LogP contribution in [0, 0.1) is 0 Å². The van der Waals surface area contributed by atoms with Gasteiger partial charge in [-0.15, -0.1) is 0 Å². The number of pyridine rings is 2. The van der Waals surface area contributed by atoms with Gasteiger partial charge in [0.1, 0.15) is 5.75 Å². The van der Waals surface area contributed by atoms with Crippen molar-refractivity contribution in [1.29, 1.82) is 0 Å². The molecule has 7 nitrogen and oxygen atoms in total. The molecule has 30 heavy (non-hydrogen) atoms.